The quantitative estimate of drug-likeness (QED) is 0.504. The monoisotopic (exact) mass is 480 g/mol. The van der Waals surface area contributed by atoms with Gasteiger partial charge in [-0.3, -0.25) is 9.10 Å². The third-order valence-electron chi connectivity index (χ3n) is 4.57. The lowest BCUT2D eigenvalue weighted by Crippen LogP contribution is -2.41. The number of hydrogen-bond acceptors (Lipinski definition) is 3. The Balaban J connectivity index is 1.92. The van der Waals surface area contributed by atoms with Gasteiger partial charge in [-0.15, -0.1) is 0 Å². The van der Waals surface area contributed by atoms with E-state index in [9.17, 15) is 17.6 Å². The highest BCUT2D eigenvalue weighted by molar-refractivity contribution is 7.92. The van der Waals surface area contributed by atoms with Crippen molar-refractivity contribution in [2.75, 3.05) is 10.8 Å². The first-order valence-corrected chi connectivity index (χ1v) is 11.5. The van der Waals surface area contributed by atoms with Gasteiger partial charge >= 0.3 is 0 Å². The van der Waals surface area contributed by atoms with E-state index in [4.69, 9.17) is 23.2 Å². The number of anilines is 1. The number of rotatable bonds is 7. The Labute approximate surface area is 190 Å². The van der Waals surface area contributed by atoms with Crippen molar-refractivity contribution < 1.29 is 17.6 Å². The second-order valence-corrected chi connectivity index (χ2v) is 9.39. The summed E-state index contributed by atoms with van der Waals surface area (Å²) in [6.45, 7) is 1.19. The van der Waals surface area contributed by atoms with Gasteiger partial charge in [0, 0.05) is 0 Å². The molecule has 0 unspecified atom stereocenters. The van der Waals surface area contributed by atoms with Crippen LogP contribution in [0.25, 0.3) is 0 Å². The summed E-state index contributed by atoms with van der Waals surface area (Å²) in [5.41, 5.74) is 0.760. The van der Waals surface area contributed by atoms with Gasteiger partial charge < -0.3 is 5.32 Å². The first-order valence-electron chi connectivity index (χ1n) is 9.27. The maximum absolute atomic E-state index is 13.3. The van der Waals surface area contributed by atoms with E-state index in [0.29, 0.717) is 5.56 Å². The summed E-state index contributed by atoms with van der Waals surface area (Å²) in [4.78, 5) is 12.8. The molecule has 3 aromatic rings. The number of carbonyl (C=O) groups excluding carboxylic acids is 1. The average molecular weight is 481 g/mol. The van der Waals surface area contributed by atoms with Crippen LogP contribution in [0.5, 0.6) is 0 Å². The second-order valence-electron chi connectivity index (χ2n) is 6.74. The van der Waals surface area contributed by atoms with Crippen molar-refractivity contribution in [1.82, 2.24) is 5.32 Å². The van der Waals surface area contributed by atoms with Crippen molar-refractivity contribution in [3.05, 3.63) is 94.2 Å². The van der Waals surface area contributed by atoms with Gasteiger partial charge in [-0.1, -0.05) is 59.6 Å². The predicted molar refractivity (Wildman–Crippen MR) is 120 cm³/mol. The first-order chi connectivity index (χ1) is 14.7. The second kappa shape index (κ2) is 9.68. The molecule has 162 valence electrons. The van der Waals surface area contributed by atoms with Gasteiger partial charge in [0.2, 0.25) is 5.91 Å². The average Bonchev–Trinajstić information content (AvgIpc) is 2.75. The fraction of sp³-hybridized carbons (Fsp3) is 0.136. The van der Waals surface area contributed by atoms with E-state index in [-0.39, 0.29) is 20.6 Å². The molecule has 0 spiro atoms. The van der Waals surface area contributed by atoms with Crippen molar-refractivity contribution in [3.8, 4) is 0 Å². The highest BCUT2D eigenvalue weighted by Crippen LogP contribution is 2.35. The van der Waals surface area contributed by atoms with E-state index >= 15 is 0 Å². The number of halogens is 3. The molecule has 0 radical (unpaired) electrons. The van der Waals surface area contributed by atoms with Crippen LogP contribution < -0.4 is 9.62 Å². The number of nitrogens with one attached hydrogen (secondary N) is 1. The lowest BCUT2D eigenvalue weighted by molar-refractivity contribution is -0.120. The fourth-order valence-electron chi connectivity index (χ4n) is 2.96. The number of carbonyl (C=O) groups is 1. The topological polar surface area (TPSA) is 66.5 Å². The molecule has 0 aliphatic carbocycles. The predicted octanol–water partition coefficient (Wildman–Crippen LogP) is 5.21. The summed E-state index contributed by atoms with van der Waals surface area (Å²) in [5, 5.41) is 2.91. The number of sulfonamides is 1. The summed E-state index contributed by atoms with van der Waals surface area (Å²) in [7, 11) is -4.11. The number of benzene rings is 3. The number of nitrogens with zero attached hydrogens (tertiary/aromatic N) is 1. The van der Waals surface area contributed by atoms with Gasteiger partial charge in [0.25, 0.3) is 10.0 Å². The zero-order valence-electron chi connectivity index (χ0n) is 16.4. The molecule has 1 amide bonds. The van der Waals surface area contributed by atoms with Crippen molar-refractivity contribution >= 4 is 44.8 Å². The van der Waals surface area contributed by atoms with E-state index < -0.39 is 34.3 Å². The van der Waals surface area contributed by atoms with Crippen molar-refractivity contribution in [1.29, 1.82) is 0 Å². The molecule has 0 saturated heterocycles. The van der Waals surface area contributed by atoms with Gasteiger partial charge in [-0.05, 0) is 48.9 Å². The number of amides is 1. The van der Waals surface area contributed by atoms with E-state index in [1.54, 1.807) is 43.3 Å². The van der Waals surface area contributed by atoms with Crippen LogP contribution in [0, 0.1) is 5.82 Å². The summed E-state index contributed by atoms with van der Waals surface area (Å²) >= 11 is 12.4. The van der Waals surface area contributed by atoms with Gasteiger partial charge in [-0.2, -0.15) is 0 Å². The summed E-state index contributed by atoms with van der Waals surface area (Å²) in [6.07, 6.45) is 0. The summed E-state index contributed by atoms with van der Waals surface area (Å²) < 4.78 is 40.7. The molecule has 9 heteroatoms. The fourth-order valence-corrected chi connectivity index (χ4v) is 4.86. The maximum Gasteiger partial charge on any atom is 0.264 e. The standard InChI is InChI=1S/C22H19Cl2FN2O3S/c1-15(16-10-12-17(25)13-11-16)26-21(28)14-27(20-9-5-8-19(23)22(20)24)31(29,30)18-6-3-2-4-7-18/h2-13,15H,14H2,1H3,(H,26,28)/t15-/m0/s1. The molecule has 3 aromatic carbocycles. The largest absolute Gasteiger partial charge is 0.348 e. The Hall–Kier alpha value is -2.61. The SMILES string of the molecule is C[C@H](NC(=O)CN(c1cccc(Cl)c1Cl)S(=O)(=O)c1ccccc1)c1ccc(F)cc1. The lowest BCUT2D eigenvalue weighted by atomic mass is 10.1. The van der Waals surface area contributed by atoms with Gasteiger partial charge in [0.1, 0.15) is 12.4 Å². The van der Waals surface area contributed by atoms with Crippen molar-refractivity contribution in [2.24, 2.45) is 0 Å². The molecule has 0 aromatic heterocycles. The minimum absolute atomic E-state index is 0.00502. The minimum atomic E-state index is -4.11. The van der Waals surface area contributed by atoms with Crippen LogP contribution in [0.1, 0.15) is 18.5 Å². The summed E-state index contributed by atoms with van der Waals surface area (Å²) in [5.74, 6) is -0.953. The normalized spacial score (nSPS) is 12.3. The molecule has 31 heavy (non-hydrogen) atoms. The molecule has 0 saturated carbocycles. The van der Waals surface area contributed by atoms with Crippen LogP contribution in [0.15, 0.2) is 77.7 Å². The van der Waals surface area contributed by atoms with E-state index in [2.05, 4.69) is 5.32 Å². The lowest BCUT2D eigenvalue weighted by Gasteiger charge is -2.26. The van der Waals surface area contributed by atoms with E-state index in [1.807, 2.05) is 0 Å². The van der Waals surface area contributed by atoms with E-state index in [1.165, 1.54) is 36.4 Å². The molecule has 0 aliphatic rings. The molecule has 1 atom stereocenters. The third-order valence-corrected chi connectivity index (χ3v) is 7.15. The molecule has 1 N–H and O–H groups in total. The van der Waals surface area contributed by atoms with Crippen LogP contribution in [0.4, 0.5) is 10.1 Å². The Bertz CT molecular complexity index is 1170. The maximum atomic E-state index is 13.3. The highest BCUT2D eigenvalue weighted by atomic mass is 35.5. The smallest absolute Gasteiger partial charge is 0.264 e. The van der Waals surface area contributed by atoms with Gasteiger partial charge in [0.05, 0.1) is 26.7 Å². The number of hydrogen-bond donors (Lipinski definition) is 1. The van der Waals surface area contributed by atoms with Gasteiger partial charge in [0.15, 0.2) is 0 Å². The van der Waals surface area contributed by atoms with E-state index in [0.717, 1.165) is 4.31 Å². The zero-order valence-corrected chi connectivity index (χ0v) is 18.8. The molecular formula is C22H19Cl2FN2O3S. The van der Waals surface area contributed by atoms with Crippen molar-refractivity contribution in [2.45, 2.75) is 17.9 Å². The Morgan fingerprint density at radius 2 is 1.65 bits per heavy atom. The molecule has 3 rings (SSSR count). The van der Waals surface area contributed by atoms with Crippen LogP contribution >= 0.6 is 23.2 Å². The molecular weight excluding hydrogens is 462 g/mol. The molecule has 0 heterocycles. The van der Waals surface area contributed by atoms with Gasteiger partial charge in [-0.25, -0.2) is 12.8 Å². The molecule has 0 aliphatic heterocycles. The van der Waals surface area contributed by atoms with Crippen LogP contribution in [0.2, 0.25) is 10.0 Å². The Morgan fingerprint density at radius 1 is 1.00 bits per heavy atom. The van der Waals surface area contributed by atoms with Crippen LogP contribution in [-0.4, -0.2) is 20.9 Å². The Morgan fingerprint density at radius 3 is 2.29 bits per heavy atom. The zero-order chi connectivity index (χ0) is 22.6. The molecule has 5 nitrogen and oxygen atoms in total. The minimum Gasteiger partial charge on any atom is -0.348 e. The molecule has 0 fully saturated rings. The van der Waals surface area contributed by atoms with Crippen LogP contribution in [0.3, 0.4) is 0 Å². The third kappa shape index (κ3) is 5.36. The van der Waals surface area contributed by atoms with Crippen molar-refractivity contribution in [3.63, 3.8) is 0 Å². The first kappa shape index (κ1) is 23.1. The summed E-state index contributed by atoms with van der Waals surface area (Å²) in [6, 6.07) is 17.5. The highest BCUT2D eigenvalue weighted by Gasteiger charge is 2.29. The molecule has 0 bridgehead atoms. The Kier molecular flexibility index (Phi) is 7.20. The van der Waals surface area contributed by atoms with Crippen LogP contribution in [-0.2, 0) is 14.8 Å².